The van der Waals surface area contributed by atoms with Crippen LogP contribution in [0.3, 0.4) is 0 Å². The van der Waals surface area contributed by atoms with Gasteiger partial charge in [0.1, 0.15) is 3.53 Å². The van der Waals surface area contributed by atoms with Gasteiger partial charge in [0.2, 0.25) is 5.91 Å². The predicted octanol–water partition coefficient (Wildman–Crippen LogP) is 10.2. The minimum Gasteiger partial charge on any atom is -0.481 e. The summed E-state index contributed by atoms with van der Waals surface area (Å²) in [6, 6.07) is 2.45. The first-order chi connectivity index (χ1) is 19.2. The predicted molar refractivity (Wildman–Crippen MR) is 184 cm³/mol. The number of nitrogens with zero attached hydrogens (tertiary/aromatic N) is 1. The first-order valence-corrected chi connectivity index (χ1v) is 18.2. The summed E-state index contributed by atoms with van der Waals surface area (Å²) in [5.74, 6) is -0.298. The molecule has 0 aliphatic rings. The molecule has 4 unspecified atom stereocenters. The Morgan fingerprint density at radius 3 is 1.90 bits per heavy atom. The van der Waals surface area contributed by atoms with Gasteiger partial charge in [-0.2, -0.15) is 5.26 Å². The lowest BCUT2D eigenvalue weighted by atomic mass is 9.58. The van der Waals surface area contributed by atoms with Gasteiger partial charge in [-0.15, -0.1) is 23.5 Å². The quantitative estimate of drug-likeness (QED) is 0.0859. The van der Waals surface area contributed by atoms with Crippen LogP contribution in [0.15, 0.2) is 0 Å². The fourth-order valence-electron chi connectivity index (χ4n) is 5.39. The third-order valence-corrected chi connectivity index (χ3v) is 12.2. The molecule has 0 aromatic rings. The molecule has 0 spiro atoms. The van der Waals surface area contributed by atoms with Crippen LogP contribution in [-0.4, -0.2) is 37.1 Å². The summed E-state index contributed by atoms with van der Waals surface area (Å²) in [6.45, 7) is 16.4. The topological polar surface area (TPSA) is 90.2 Å². The number of hydrogen-bond acceptors (Lipinski definition) is 6. The number of carbonyl (C=O) groups is 2. The van der Waals surface area contributed by atoms with Gasteiger partial charge in [0.15, 0.2) is 0 Å². The average Bonchev–Trinajstić information content (AvgIpc) is 2.92. The summed E-state index contributed by atoms with van der Waals surface area (Å²) in [7, 11) is 0. The highest BCUT2D eigenvalue weighted by Crippen LogP contribution is 2.53. The van der Waals surface area contributed by atoms with Gasteiger partial charge in [-0.1, -0.05) is 97.7 Å². The van der Waals surface area contributed by atoms with Gasteiger partial charge in [-0.05, 0) is 71.0 Å². The summed E-state index contributed by atoms with van der Waals surface area (Å²) >= 11 is 9.21. The van der Waals surface area contributed by atoms with E-state index in [0.29, 0.717) is 12.8 Å². The molecule has 0 aromatic carbocycles. The smallest absolute Gasteiger partial charge is 0.303 e. The van der Waals surface area contributed by atoms with Crippen molar-refractivity contribution in [3.8, 4) is 6.07 Å². The molecular formula is C33H60N2O3S3. The molecule has 0 rings (SSSR count). The lowest BCUT2D eigenvalue weighted by Crippen LogP contribution is -2.49. The molecule has 0 saturated carbocycles. The van der Waals surface area contributed by atoms with E-state index in [1.54, 1.807) is 23.5 Å². The molecule has 0 bridgehead atoms. The number of aliphatic carboxylic acids is 1. The Balaban J connectivity index is 5.39. The Morgan fingerprint density at radius 2 is 1.46 bits per heavy atom. The fraction of sp³-hybridized carbons (Fsp3) is 0.879. The van der Waals surface area contributed by atoms with Crippen molar-refractivity contribution in [3.05, 3.63) is 0 Å². The summed E-state index contributed by atoms with van der Waals surface area (Å²) in [4.78, 5) is 25.1. The normalized spacial score (nSPS) is 16.7. The minimum absolute atomic E-state index is 0.00369. The van der Waals surface area contributed by atoms with Crippen LogP contribution in [0.25, 0.3) is 0 Å². The van der Waals surface area contributed by atoms with Crippen molar-refractivity contribution in [1.82, 2.24) is 5.32 Å². The van der Waals surface area contributed by atoms with E-state index in [4.69, 9.17) is 12.2 Å². The number of carboxylic acid groups (broad SMARTS) is 1. The zero-order valence-corrected chi connectivity index (χ0v) is 29.9. The lowest BCUT2D eigenvalue weighted by molar-refractivity contribution is -0.138. The number of thiocarbonyl (C=S) groups is 1. The maximum absolute atomic E-state index is 13.7. The van der Waals surface area contributed by atoms with Crippen LogP contribution in [0.2, 0.25) is 0 Å². The second-order valence-electron chi connectivity index (χ2n) is 12.7. The van der Waals surface area contributed by atoms with Crippen molar-refractivity contribution in [2.75, 3.05) is 5.75 Å². The van der Waals surface area contributed by atoms with Crippen LogP contribution in [0.5, 0.6) is 0 Å². The highest BCUT2D eigenvalue weighted by Gasteiger charge is 2.50. The molecule has 8 heteroatoms. The van der Waals surface area contributed by atoms with E-state index in [-0.39, 0.29) is 30.7 Å². The van der Waals surface area contributed by atoms with Crippen LogP contribution in [0.1, 0.15) is 152 Å². The van der Waals surface area contributed by atoms with Crippen molar-refractivity contribution in [2.24, 2.45) is 16.7 Å². The number of hydrogen-bond donors (Lipinski definition) is 2. The molecular weight excluding hydrogens is 569 g/mol. The molecule has 238 valence electrons. The van der Waals surface area contributed by atoms with Gasteiger partial charge >= 0.3 is 5.97 Å². The van der Waals surface area contributed by atoms with E-state index >= 15 is 0 Å². The second-order valence-corrected chi connectivity index (χ2v) is 16.6. The summed E-state index contributed by atoms with van der Waals surface area (Å²) in [5.41, 5.74) is -1.42. The molecule has 2 N–H and O–H groups in total. The molecule has 0 saturated heterocycles. The number of amides is 1. The van der Waals surface area contributed by atoms with Crippen LogP contribution in [0.4, 0.5) is 0 Å². The third-order valence-electron chi connectivity index (χ3n) is 9.07. The number of rotatable bonds is 23. The number of carboxylic acids is 1. The molecule has 0 fully saturated rings. The van der Waals surface area contributed by atoms with Gasteiger partial charge in [0.25, 0.3) is 0 Å². The average molecular weight is 629 g/mol. The highest BCUT2D eigenvalue weighted by molar-refractivity contribution is 8.47. The molecule has 0 heterocycles. The SMILES string of the molecule is CCCCCCCCCCCCSC(=S)SC(C)(CC)C(CC(C)(CC)C(C)(C#N)CCC(=O)O)C(=O)NC(C)C. The fourth-order valence-corrected chi connectivity index (χ4v) is 8.64. The van der Waals surface area contributed by atoms with E-state index in [1.807, 2.05) is 34.6 Å². The monoisotopic (exact) mass is 628 g/mol. The van der Waals surface area contributed by atoms with E-state index in [0.717, 1.165) is 22.1 Å². The minimum atomic E-state index is -0.905. The number of thioether (sulfide) groups is 2. The molecule has 4 atom stereocenters. The summed E-state index contributed by atoms with van der Waals surface area (Å²) < 4.78 is 0.431. The van der Waals surface area contributed by atoms with Crippen molar-refractivity contribution in [3.63, 3.8) is 0 Å². The maximum Gasteiger partial charge on any atom is 0.303 e. The van der Waals surface area contributed by atoms with E-state index in [9.17, 15) is 20.0 Å². The van der Waals surface area contributed by atoms with Gasteiger partial charge in [0, 0.05) is 17.2 Å². The summed E-state index contributed by atoms with van der Waals surface area (Å²) in [5, 5.41) is 22.7. The van der Waals surface area contributed by atoms with Crippen molar-refractivity contribution < 1.29 is 14.7 Å². The number of carbonyl (C=O) groups excluding carboxylic acids is 1. The van der Waals surface area contributed by atoms with Crippen LogP contribution in [0, 0.1) is 28.1 Å². The van der Waals surface area contributed by atoms with Gasteiger partial charge < -0.3 is 10.4 Å². The Morgan fingerprint density at radius 1 is 0.927 bits per heavy atom. The van der Waals surface area contributed by atoms with Crippen molar-refractivity contribution >= 4 is 51.1 Å². The van der Waals surface area contributed by atoms with E-state index in [2.05, 4.69) is 32.2 Å². The zero-order chi connectivity index (χ0) is 31.5. The molecule has 0 aliphatic carbocycles. The molecule has 0 aliphatic heterocycles. The van der Waals surface area contributed by atoms with Crippen LogP contribution < -0.4 is 5.32 Å². The molecule has 0 aromatic heterocycles. The van der Waals surface area contributed by atoms with Gasteiger partial charge in [0.05, 0.1) is 17.4 Å². The Labute approximate surface area is 266 Å². The number of nitrogens with one attached hydrogen (secondary N) is 1. The maximum atomic E-state index is 13.7. The molecule has 0 radical (unpaired) electrons. The largest absolute Gasteiger partial charge is 0.481 e. The Bertz CT molecular complexity index is 831. The van der Waals surface area contributed by atoms with Crippen molar-refractivity contribution in [2.45, 2.75) is 162 Å². The Hall–Kier alpha value is -0.780. The van der Waals surface area contributed by atoms with E-state index < -0.39 is 21.5 Å². The van der Waals surface area contributed by atoms with Crippen LogP contribution >= 0.6 is 35.7 Å². The van der Waals surface area contributed by atoms with Crippen LogP contribution in [-0.2, 0) is 9.59 Å². The Kier molecular flexibility index (Phi) is 20.6. The zero-order valence-electron chi connectivity index (χ0n) is 27.4. The molecule has 1 amide bonds. The first-order valence-electron chi connectivity index (χ1n) is 16.0. The van der Waals surface area contributed by atoms with Gasteiger partial charge in [-0.3, -0.25) is 9.59 Å². The second kappa shape index (κ2) is 21.0. The lowest BCUT2D eigenvalue weighted by Gasteiger charge is -2.47. The molecule has 41 heavy (non-hydrogen) atoms. The van der Waals surface area contributed by atoms with E-state index in [1.165, 1.54) is 57.8 Å². The number of nitriles is 1. The molecule has 5 nitrogen and oxygen atoms in total. The number of unbranched alkanes of at least 4 members (excludes halogenated alkanes) is 9. The first kappa shape index (κ1) is 40.2. The standard InChI is InChI=1S/C33H60N2O3S3/c1-9-12-13-14-15-16-17-18-19-20-23-40-30(39)41-33(8,11-3)27(29(38)35-26(4)5)24-31(6,10-2)32(7,25-34)22-21-28(36)37/h26-27H,9-24H2,1-8H3,(H,35,38)(H,36,37). The van der Waals surface area contributed by atoms with Crippen molar-refractivity contribution in [1.29, 1.82) is 5.26 Å². The third kappa shape index (κ3) is 15.0. The highest BCUT2D eigenvalue weighted by atomic mass is 32.2. The summed E-state index contributed by atoms with van der Waals surface area (Å²) in [6.07, 6.45) is 15.2. The van der Waals surface area contributed by atoms with Gasteiger partial charge in [-0.25, -0.2) is 0 Å².